The van der Waals surface area contributed by atoms with Gasteiger partial charge in [-0.25, -0.2) is 19.2 Å². The van der Waals surface area contributed by atoms with Crippen LogP contribution in [0, 0.1) is 16.7 Å². The van der Waals surface area contributed by atoms with Crippen LogP contribution in [0.5, 0.6) is 0 Å². The van der Waals surface area contributed by atoms with Gasteiger partial charge in [-0.15, -0.1) is 0 Å². The number of Topliss-reactive ketones (excluding diaryl/α,β-unsaturated/α-hetero) is 1. The van der Waals surface area contributed by atoms with E-state index in [1.165, 1.54) is 39.0 Å². The SMILES string of the molecule is CC(=O)O[C@H]1C(=O)[C@@]2(C)[C@H]([C@H](OC(=O)c3ccccc3)[C@]34OC(=O)O[C@H]3[C@@]3(OC(=O)[C@H](O)[C@H](C=C(C)C)NC(=O)OC(C)(C)C)C(C)=C1[C@]43C)[C@]1(OC(C)=O)CO[C@@H]1C[C@@H]2O. The van der Waals surface area contributed by atoms with Crippen molar-refractivity contribution < 1.29 is 81.7 Å². The number of benzene rings is 1. The molecule has 18 nitrogen and oxygen atoms in total. The highest BCUT2D eigenvalue weighted by Crippen LogP contribution is 2.81. The molecule has 18 heteroatoms. The lowest BCUT2D eigenvalue weighted by Gasteiger charge is -2.78. The molecule has 5 fully saturated rings. The van der Waals surface area contributed by atoms with Gasteiger partial charge in [-0.05, 0) is 78.7 Å². The number of aliphatic hydroxyl groups excluding tert-OH is 2. The lowest BCUT2D eigenvalue weighted by molar-refractivity contribution is -0.383. The van der Waals surface area contributed by atoms with E-state index in [0.29, 0.717) is 5.57 Å². The third kappa shape index (κ3) is 6.02. The Kier molecular flexibility index (Phi) is 10.3. The molecule has 13 atom stereocenters. The van der Waals surface area contributed by atoms with E-state index in [-0.39, 0.29) is 29.7 Å². The van der Waals surface area contributed by atoms with Crippen molar-refractivity contribution in [2.75, 3.05) is 6.61 Å². The molecule has 1 amide bonds. The molecule has 4 aliphatic carbocycles. The Morgan fingerprint density at radius 3 is 2.18 bits per heavy atom. The Hall–Kier alpha value is -5.33. The minimum Gasteiger partial charge on any atom is -0.454 e. The summed E-state index contributed by atoms with van der Waals surface area (Å²) in [6.45, 7) is 14.3. The third-order valence-corrected chi connectivity index (χ3v) is 13.3. The van der Waals surface area contributed by atoms with Crippen molar-refractivity contribution in [2.24, 2.45) is 16.7 Å². The monoisotopic (exact) mass is 853 g/mol. The quantitative estimate of drug-likeness (QED) is 0.184. The van der Waals surface area contributed by atoms with Gasteiger partial charge in [0, 0.05) is 20.3 Å². The summed E-state index contributed by atoms with van der Waals surface area (Å²) in [6, 6.07) is 6.30. The van der Waals surface area contributed by atoms with Gasteiger partial charge in [0.1, 0.15) is 11.7 Å². The van der Waals surface area contributed by atoms with Crippen molar-refractivity contribution in [1.29, 1.82) is 0 Å². The zero-order chi connectivity index (χ0) is 45.0. The number of esters is 4. The number of allylic oxidation sites excluding steroid dienone is 1. The Morgan fingerprint density at radius 2 is 1.62 bits per heavy atom. The minimum atomic E-state index is -2.28. The van der Waals surface area contributed by atoms with Crippen LogP contribution in [0.2, 0.25) is 0 Å². The second kappa shape index (κ2) is 14.4. The van der Waals surface area contributed by atoms with E-state index in [1.807, 2.05) is 0 Å². The van der Waals surface area contributed by atoms with Gasteiger partial charge in [-0.2, -0.15) is 0 Å². The molecule has 0 bridgehead atoms. The maximum absolute atomic E-state index is 15.4. The highest BCUT2D eigenvalue weighted by molar-refractivity contribution is 5.97. The topological polar surface area (TPSA) is 246 Å². The van der Waals surface area contributed by atoms with Crippen LogP contribution in [0.1, 0.15) is 86.0 Å². The molecule has 330 valence electrons. The molecule has 1 aromatic carbocycles. The fourth-order valence-corrected chi connectivity index (χ4v) is 10.9. The van der Waals surface area contributed by atoms with Crippen LogP contribution in [0.15, 0.2) is 53.1 Å². The smallest absolute Gasteiger partial charge is 0.454 e. The van der Waals surface area contributed by atoms with E-state index in [2.05, 4.69) is 5.32 Å². The Morgan fingerprint density at radius 1 is 0.967 bits per heavy atom. The molecule has 0 aromatic heterocycles. The summed E-state index contributed by atoms with van der Waals surface area (Å²) in [5, 5.41) is 26.2. The van der Waals surface area contributed by atoms with Gasteiger partial charge < -0.3 is 53.4 Å². The Labute approximate surface area is 351 Å². The first-order valence-corrected chi connectivity index (χ1v) is 20.0. The van der Waals surface area contributed by atoms with Crippen molar-refractivity contribution in [1.82, 2.24) is 5.32 Å². The van der Waals surface area contributed by atoms with Crippen molar-refractivity contribution in [3.05, 3.63) is 58.7 Å². The van der Waals surface area contributed by atoms with Gasteiger partial charge in [-0.1, -0.05) is 29.8 Å². The van der Waals surface area contributed by atoms with E-state index >= 15 is 4.79 Å². The standard InChI is InChI=1S/C43H51NO17/c1-19(2)16-24(44-36(52)60-38(6,7)8)28(48)34(51)59-42-20(3)27-29(55-21(4)45)31(49)39(9)25(47)17-26-41(18-54-26,58-22(5)46)30(39)32(56-33(50)23-14-12-11-13-15-23)43(40(27,42)10)35(42)57-37(53)61-43/h11-16,24-26,28-30,32,35,47-48H,17-18H2,1-10H3,(H,44,52)/t24-,25-,26+,28+,29+,30-,32-,35-,39+,40-,41-,42-,43-/m0/s1. The Balaban J connectivity index is 1.45. The summed E-state index contributed by atoms with van der Waals surface area (Å²) < 4.78 is 47.9. The van der Waals surface area contributed by atoms with Crippen LogP contribution in [0.25, 0.3) is 0 Å². The number of hydrogen-bond acceptors (Lipinski definition) is 17. The number of amides is 1. The lowest BCUT2D eigenvalue weighted by atomic mass is 9.29. The van der Waals surface area contributed by atoms with Gasteiger partial charge in [0.2, 0.25) is 5.60 Å². The van der Waals surface area contributed by atoms with Crippen LogP contribution in [0.4, 0.5) is 9.59 Å². The second-order valence-corrected chi connectivity index (χ2v) is 18.2. The molecule has 61 heavy (non-hydrogen) atoms. The maximum Gasteiger partial charge on any atom is 0.509 e. The number of rotatable bonds is 9. The van der Waals surface area contributed by atoms with Crippen LogP contribution in [0.3, 0.4) is 0 Å². The normalized spacial score (nSPS) is 37.4. The van der Waals surface area contributed by atoms with Crippen LogP contribution >= 0.6 is 0 Å². The molecule has 6 aliphatic rings. The number of aliphatic hydroxyl groups is 2. The van der Waals surface area contributed by atoms with Crippen LogP contribution in [-0.4, -0.2) is 124 Å². The fourth-order valence-electron chi connectivity index (χ4n) is 10.9. The predicted octanol–water partition coefficient (Wildman–Crippen LogP) is 2.94. The van der Waals surface area contributed by atoms with Crippen LogP contribution < -0.4 is 5.32 Å². The van der Waals surface area contributed by atoms with Crippen LogP contribution in [-0.2, 0) is 57.1 Å². The van der Waals surface area contributed by atoms with Gasteiger partial charge in [0.25, 0.3) is 0 Å². The van der Waals surface area contributed by atoms with E-state index in [9.17, 15) is 39.0 Å². The van der Waals surface area contributed by atoms with Crippen molar-refractivity contribution in [2.45, 2.75) is 141 Å². The lowest BCUT2D eigenvalue weighted by Crippen LogP contribution is -2.95. The first kappa shape index (κ1) is 43.7. The van der Waals surface area contributed by atoms with Crippen molar-refractivity contribution >= 4 is 41.9 Å². The third-order valence-electron chi connectivity index (χ3n) is 13.3. The summed E-state index contributed by atoms with van der Waals surface area (Å²) in [7, 11) is 0. The number of fused-ring (bicyclic) bond motifs is 4. The van der Waals surface area contributed by atoms with Crippen molar-refractivity contribution in [3.8, 4) is 0 Å². The zero-order valence-electron chi connectivity index (χ0n) is 35.5. The average molecular weight is 854 g/mol. The number of hydrogen-bond donors (Lipinski definition) is 3. The van der Waals surface area contributed by atoms with E-state index in [4.69, 9.17) is 37.9 Å². The highest BCUT2D eigenvalue weighted by Gasteiger charge is 2.99. The van der Waals surface area contributed by atoms with Gasteiger partial charge >= 0.3 is 36.1 Å². The molecule has 2 heterocycles. The molecule has 7 rings (SSSR count). The molecule has 0 unspecified atom stereocenters. The molecule has 3 N–H and O–H groups in total. The van der Waals surface area contributed by atoms with Gasteiger partial charge in [-0.3, -0.25) is 14.4 Å². The molecular weight excluding hydrogens is 802 g/mol. The average Bonchev–Trinajstić information content (AvgIpc) is 3.49. The number of ketones is 1. The Bertz CT molecular complexity index is 2160. The molecule has 0 radical (unpaired) electrons. The second-order valence-electron chi connectivity index (χ2n) is 18.2. The zero-order valence-corrected chi connectivity index (χ0v) is 35.5. The number of alkyl carbamates (subject to hydrolysis) is 1. The summed E-state index contributed by atoms with van der Waals surface area (Å²) >= 11 is 0. The molecule has 1 aromatic rings. The van der Waals surface area contributed by atoms with Gasteiger partial charge in [0.15, 0.2) is 41.4 Å². The minimum absolute atomic E-state index is 0.0153. The highest BCUT2D eigenvalue weighted by atomic mass is 16.8. The number of ether oxygens (including phenoxy) is 8. The van der Waals surface area contributed by atoms with E-state index in [0.717, 1.165) is 13.8 Å². The summed E-state index contributed by atoms with van der Waals surface area (Å²) in [4.78, 5) is 96.8. The van der Waals surface area contributed by atoms with E-state index in [1.54, 1.807) is 52.8 Å². The number of nitrogens with one attached hydrogen (secondary N) is 1. The number of carbonyl (C=O) groups is 7. The summed E-state index contributed by atoms with van der Waals surface area (Å²) in [6.07, 6.45) is -11.3. The molecule has 2 saturated heterocycles. The first-order chi connectivity index (χ1) is 28.3. The largest absolute Gasteiger partial charge is 0.509 e. The molecule has 3 saturated carbocycles. The molecule has 1 spiro atoms. The van der Waals surface area contributed by atoms with E-state index < -0.39 is 124 Å². The molecular formula is C43H51NO17. The summed E-state index contributed by atoms with van der Waals surface area (Å²) in [5.41, 5.74) is -10.6. The van der Waals surface area contributed by atoms with Crippen molar-refractivity contribution in [3.63, 3.8) is 0 Å². The first-order valence-electron chi connectivity index (χ1n) is 20.0. The summed E-state index contributed by atoms with van der Waals surface area (Å²) in [5.74, 6) is -6.54. The predicted molar refractivity (Wildman–Crippen MR) is 205 cm³/mol. The molecule has 2 aliphatic heterocycles. The fraction of sp³-hybridized carbons (Fsp3) is 0.605. The maximum atomic E-state index is 15.4. The number of carbonyl (C=O) groups excluding carboxylic acids is 7. The van der Waals surface area contributed by atoms with Gasteiger partial charge in [0.05, 0.1) is 41.1 Å².